The zero-order chi connectivity index (χ0) is 18.9. The molecule has 0 saturated heterocycles. The van der Waals surface area contributed by atoms with Gasteiger partial charge >= 0.3 is 6.18 Å². The number of nitrogens with one attached hydrogen (secondary N) is 1. The molecule has 0 aliphatic heterocycles. The molecule has 0 radical (unpaired) electrons. The highest BCUT2D eigenvalue weighted by atomic mass is 19.4. The van der Waals surface area contributed by atoms with Gasteiger partial charge in [-0.15, -0.1) is 5.10 Å². The highest BCUT2D eigenvalue weighted by molar-refractivity contribution is 5.90. The normalized spacial score (nSPS) is 11.5. The standard InChI is InChI=1S/C17H13F3N4O2/c1-10-6-7-11(8-13(10)17(18,19)20)21-15(25)9-24-16(26)12-4-2-3-5-14(12)22-23-24/h2-8H,9H2,1H3,(H,21,25). The number of carbonyl (C=O) groups excluding carboxylic acids is 1. The molecule has 0 aliphatic carbocycles. The van der Waals surface area contributed by atoms with Crippen molar-refractivity contribution in [1.29, 1.82) is 0 Å². The summed E-state index contributed by atoms with van der Waals surface area (Å²) >= 11 is 0. The SMILES string of the molecule is Cc1ccc(NC(=O)Cn2nnc3ccccc3c2=O)cc1C(F)(F)F. The van der Waals surface area contributed by atoms with Crippen LogP contribution in [0.1, 0.15) is 11.1 Å². The van der Waals surface area contributed by atoms with Crippen molar-refractivity contribution in [3.8, 4) is 0 Å². The fourth-order valence-corrected chi connectivity index (χ4v) is 2.47. The number of aromatic nitrogens is 3. The number of alkyl halides is 3. The van der Waals surface area contributed by atoms with E-state index in [0.29, 0.717) is 10.9 Å². The molecule has 1 amide bonds. The summed E-state index contributed by atoms with van der Waals surface area (Å²) in [5.74, 6) is -0.686. The summed E-state index contributed by atoms with van der Waals surface area (Å²) in [4.78, 5) is 24.4. The lowest BCUT2D eigenvalue weighted by Gasteiger charge is -2.13. The topological polar surface area (TPSA) is 76.9 Å². The monoisotopic (exact) mass is 362 g/mol. The van der Waals surface area contributed by atoms with Gasteiger partial charge in [-0.1, -0.05) is 23.4 Å². The zero-order valence-electron chi connectivity index (χ0n) is 13.5. The van der Waals surface area contributed by atoms with Crippen LogP contribution in [0.5, 0.6) is 0 Å². The molecule has 0 unspecified atom stereocenters. The van der Waals surface area contributed by atoms with Crippen LogP contribution in [0.3, 0.4) is 0 Å². The molecule has 3 rings (SSSR count). The molecule has 2 aromatic carbocycles. The number of hydrogen-bond donors (Lipinski definition) is 1. The third-order valence-corrected chi connectivity index (χ3v) is 3.75. The molecule has 0 aliphatic rings. The predicted octanol–water partition coefficient (Wildman–Crippen LogP) is 2.76. The van der Waals surface area contributed by atoms with Gasteiger partial charge < -0.3 is 5.32 Å². The molecule has 6 nitrogen and oxygen atoms in total. The molecular formula is C17H13F3N4O2. The number of aryl methyl sites for hydroxylation is 1. The molecule has 1 N–H and O–H groups in total. The van der Waals surface area contributed by atoms with E-state index in [2.05, 4.69) is 15.6 Å². The lowest BCUT2D eigenvalue weighted by atomic mass is 10.1. The number of amides is 1. The Morgan fingerprint density at radius 2 is 1.92 bits per heavy atom. The number of anilines is 1. The number of halogens is 3. The van der Waals surface area contributed by atoms with Crippen LogP contribution in [0.4, 0.5) is 18.9 Å². The van der Waals surface area contributed by atoms with Gasteiger partial charge in [0.25, 0.3) is 5.56 Å². The van der Waals surface area contributed by atoms with E-state index >= 15 is 0 Å². The molecular weight excluding hydrogens is 349 g/mol. The van der Waals surface area contributed by atoms with Crippen LogP contribution >= 0.6 is 0 Å². The van der Waals surface area contributed by atoms with Crippen molar-refractivity contribution in [2.24, 2.45) is 0 Å². The van der Waals surface area contributed by atoms with Gasteiger partial charge in [-0.25, -0.2) is 4.68 Å². The van der Waals surface area contributed by atoms with Crippen molar-refractivity contribution in [2.75, 3.05) is 5.32 Å². The average Bonchev–Trinajstić information content (AvgIpc) is 2.58. The largest absolute Gasteiger partial charge is 0.416 e. The summed E-state index contributed by atoms with van der Waals surface area (Å²) in [6.45, 7) is 0.866. The summed E-state index contributed by atoms with van der Waals surface area (Å²) in [5.41, 5.74) is -0.923. The van der Waals surface area contributed by atoms with Crippen molar-refractivity contribution in [3.63, 3.8) is 0 Å². The minimum atomic E-state index is -4.52. The van der Waals surface area contributed by atoms with Crippen LogP contribution in [0.15, 0.2) is 47.3 Å². The van der Waals surface area contributed by atoms with Crippen molar-refractivity contribution in [2.45, 2.75) is 19.6 Å². The van der Waals surface area contributed by atoms with E-state index in [4.69, 9.17) is 0 Å². The Bertz CT molecular complexity index is 1040. The maximum Gasteiger partial charge on any atom is 0.416 e. The molecule has 0 spiro atoms. The smallest absolute Gasteiger partial charge is 0.324 e. The van der Waals surface area contributed by atoms with Crippen molar-refractivity contribution < 1.29 is 18.0 Å². The van der Waals surface area contributed by atoms with Crippen LogP contribution in [-0.4, -0.2) is 20.9 Å². The Morgan fingerprint density at radius 1 is 1.19 bits per heavy atom. The molecule has 0 atom stereocenters. The van der Waals surface area contributed by atoms with Crippen molar-refractivity contribution >= 4 is 22.5 Å². The Labute approximate surface area is 145 Å². The Kier molecular flexibility index (Phi) is 4.45. The maximum absolute atomic E-state index is 12.9. The average molecular weight is 362 g/mol. The van der Waals surface area contributed by atoms with Crippen LogP contribution in [0.25, 0.3) is 10.9 Å². The summed E-state index contributed by atoms with van der Waals surface area (Å²) < 4.78 is 39.7. The molecule has 9 heteroatoms. The number of fused-ring (bicyclic) bond motifs is 1. The van der Waals surface area contributed by atoms with Crippen LogP contribution in [0.2, 0.25) is 0 Å². The molecule has 0 fully saturated rings. The van der Waals surface area contributed by atoms with Crippen LogP contribution < -0.4 is 10.9 Å². The Hall–Kier alpha value is -3.23. The first-order chi connectivity index (χ1) is 12.3. The van der Waals surface area contributed by atoms with E-state index in [1.54, 1.807) is 24.3 Å². The quantitative estimate of drug-likeness (QED) is 0.777. The first kappa shape index (κ1) is 17.6. The van der Waals surface area contributed by atoms with E-state index in [-0.39, 0.29) is 11.3 Å². The fraction of sp³-hybridized carbons (Fsp3) is 0.176. The second-order valence-corrected chi connectivity index (χ2v) is 5.65. The van der Waals surface area contributed by atoms with E-state index < -0.39 is 29.8 Å². The summed E-state index contributed by atoms with van der Waals surface area (Å²) in [6.07, 6.45) is -4.52. The summed E-state index contributed by atoms with van der Waals surface area (Å²) in [7, 11) is 0. The molecule has 0 bridgehead atoms. The van der Waals surface area contributed by atoms with Gasteiger partial charge in [0.1, 0.15) is 12.1 Å². The number of benzene rings is 2. The number of nitrogens with zero attached hydrogens (tertiary/aromatic N) is 3. The minimum absolute atomic E-state index is 0.0188. The van der Waals surface area contributed by atoms with Gasteiger partial charge in [0.2, 0.25) is 5.91 Å². The van der Waals surface area contributed by atoms with E-state index in [1.165, 1.54) is 19.1 Å². The van der Waals surface area contributed by atoms with Crippen molar-refractivity contribution in [3.05, 3.63) is 63.9 Å². The highest BCUT2D eigenvalue weighted by Gasteiger charge is 2.32. The fourth-order valence-electron chi connectivity index (χ4n) is 2.47. The maximum atomic E-state index is 12.9. The second-order valence-electron chi connectivity index (χ2n) is 5.65. The molecule has 26 heavy (non-hydrogen) atoms. The van der Waals surface area contributed by atoms with Crippen molar-refractivity contribution in [1.82, 2.24) is 15.0 Å². The van der Waals surface area contributed by atoms with Gasteiger partial charge in [0.15, 0.2) is 0 Å². The molecule has 134 valence electrons. The highest BCUT2D eigenvalue weighted by Crippen LogP contribution is 2.33. The molecule has 1 heterocycles. The van der Waals surface area contributed by atoms with E-state index in [0.717, 1.165) is 10.7 Å². The van der Waals surface area contributed by atoms with Gasteiger partial charge in [-0.2, -0.15) is 13.2 Å². The van der Waals surface area contributed by atoms with Gasteiger partial charge in [-0.3, -0.25) is 9.59 Å². The minimum Gasteiger partial charge on any atom is -0.324 e. The van der Waals surface area contributed by atoms with Gasteiger partial charge in [0.05, 0.1) is 10.9 Å². The molecule has 0 saturated carbocycles. The molecule has 3 aromatic rings. The van der Waals surface area contributed by atoms with Crippen LogP contribution in [-0.2, 0) is 17.5 Å². The Balaban J connectivity index is 1.82. The van der Waals surface area contributed by atoms with Gasteiger partial charge in [-0.05, 0) is 36.8 Å². The third kappa shape index (κ3) is 3.56. The lowest BCUT2D eigenvalue weighted by Crippen LogP contribution is -2.30. The van der Waals surface area contributed by atoms with E-state index in [1.807, 2.05) is 0 Å². The third-order valence-electron chi connectivity index (χ3n) is 3.75. The summed E-state index contributed by atoms with van der Waals surface area (Å²) in [6, 6.07) is 9.99. The zero-order valence-corrected chi connectivity index (χ0v) is 13.5. The second kappa shape index (κ2) is 6.58. The number of carbonyl (C=O) groups is 1. The van der Waals surface area contributed by atoms with Gasteiger partial charge in [0, 0.05) is 5.69 Å². The van der Waals surface area contributed by atoms with Crippen LogP contribution in [0, 0.1) is 6.92 Å². The Morgan fingerprint density at radius 3 is 2.65 bits per heavy atom. The summed E-state index contributed by atoms with van der Waals surface area (Å²) in [5, 5.41) is 10.2. The number of hydrogen-bond acceptors (Lipinski definition) is 4. The predicted molar refractivity (Wildman–Crippen MR) is 88.6 cm³/mol. The van der Waals surface area contributed by atoms with E-state index in [9.17, 15) is 22.8 Å². The lowest BCUT2D eigenvalue weighted by molar-refractivity contribution is -0.138. The molecule has 1 aromatic heterocycles. The first-order valence-corrected chi connectivity index (χ1v) is 7.56. The number of rotatable bonds is 3. The first-order valence-electron chi connectivity index (χ1n) is 7.56.